The lowest BCUT2D eigenvalue weighted by Crippen LogP contribution is -2.35. The second-order valence-electron chi connectivity index (χ2n) is 4.54. The lowest BCUT2D eigenvalue weighted by Gasteiger charge is -2.25. The fraction of sp³-hybridized carbons (Fsp3) is 0.538. The van der Waals surface area contributed by atoms with E-state index in [0.29, 0.717) is 12.1 Å². The molecule has 2 N–H and O–H groups in total. The largest absolute Gasteiger partial charge is 0.395 e. The summed E-state index contributed by atoms with van der Waals surface area (Å²) in [4.78, 5) is 2.07. The Kier molecular flexibility index (Phi) is 4.10. The Morgan fingerprint density at radius 3 is 3.00 bits per heavy atom. The summed E-state index contributed by atoms with van der Waals surface area (Å²) in [6, 6.07) is 6.18. The van der Waals surface area contributed by atoms with Crippen LogP contribution in [0.4, 0.5) is 4.39 Å². The van der Waals surface area contributed by atoms with Crippen molar-refractivity contribution in [2.75, 3.05) is 19.7 Å². The number of aliphatic hydroxyl groups is 2. The molecule has 1 saturated heterocycles. The number of nitrogens with zero attached hydrogens (tertiary/aromatic N) is 1. The van der Waals surface area contributed by atoms with Crippen LogP contribution in [0.3, 0.4) is 0 Å². The fourth-order valence-corrected chi connectivity index (χ4v) is 2.38. The minimum Gasteiger partial charge on any atom is -0.395 e. The van der Waals surface area contributed by atoms with Gasteiger partial charge in [0.15, 0.2) is 0 Å². The van der Waals surface area contributed by atoms with E-state index in [4.69, 9.17) is 0 Å². The lowest BCUT2D eigenvalue weighted by atomic mass is 10.1. The second kappa shape index (κ2) is 5.58. The van der Waals surface area contributed by atoms with Gasteiger partial charge in [-0.2, -0.15) is 0 Å². The first-order chi connectivity index (χ1) is 8.20. The van der Waals surface area contributed by atoms with Crippen molar-refractivity contribution in [3.63, 3.8) is 0 Å². The van der Waals surface area contributed by atoms with E-state index >= 15 is 0 Å². The average Bonchev–Trinajstić information content (AvgIpc) is 2.76. The molecule has 1 aliphatic rings. The van der Waals surface area contributed by atoms with Gasteiger partial charge in [0, 0.05) is 12.6 Å². The highest BCUT2D eigenvalue weighted by molar-refractivity contribution is 5.19. The molecule has 1 aliphatic heterocycles. The standard InChI is InChI=1S/C13H18FNO2/c14-11-4-1-3-10(7-11)13(17)8-15-6-2-5-12(15)9-16/h1,3-4,7,12-13,16-17H,2,5-6,8-9H2. The number of rotatable bonds is 4. The van der Waals surface area contributed by atoms with Crippen molar-refractivity contribution >= 4 is 0 Å². The van der Waals surface area contributed by atoms with Crippen molar-refractivity contribution < 1.29 is 14.6 Å². The molecule has 0 saturated carbocycles. The maximum absolute atomic E-state index is 13.0. The molecule has 0 radical (unpaired) electrons. The Hall–Kier alpha value is -0.970. The molecule has 0 bridgehead atoms. The lowest BCUT2D eigenvalue weighted by molar-refractivity contribution is 0.0849. The van der Waals surface area contributed by atoms with Gasteiger partial charge in [0.1, 0.15) is 5.82 Å². The van der Waals surface area contributed by atoms with E-state index in [2.05, 4.69) is 4.90 Å². The fourth-order valence-electron chi connectivity index (χ4n) is 2.38. The Balaban J connectivity index is 1.99. The third-order valence-electron chi connectivity index (χ3n) is 3.35. The molecule has 17 heavy (non-hydrogen) atoms. The number of halogens is 1. The van der Waals surface area contributed by atoms with Crippen molar-refractivity contribution in [1.82, 2.24) is 4.90 Å². The van der Waals surface area contributed by atoms with Crippen LogP contribution in [0, 0.1) is 5.82 Å². The molecule has 1 heterocycles. The highest BCUT2D eigenvalue weighted by atomic mass is 19.1. The topological polar surface area (TPSA) is 43.7 Å². The molecule has 1 fully saturated rings. The van der Waals surface area contributed by atoms with Crippen LogP contribution in [0.5, 0.6) is 0 Å². The smallest absolute Gasteiger partial charge is 0.123 e. The predicted molar refractivity (Wildman–Crippen MR) is 63.0 cm³/mol. The number of benzene rings is 1. The van der Waals surface area contributed by atoms with Crippen LogP contribution >= 0.6 is 0 Å². The molecule has 2 unspecified atom stereocenters. The zero-order valence-corrected chi connectivity index (χ0v) is 9.72. The van der Waals surface area contributed by atoms with E-state index < -0.39 is 6.10 Å². The highest BCUT2D eigenvalue weighted by Crippen LogP contribution is 2.22. The Bertz CT molecular complexity index is 372. The molecule has 0 aromatic heterocycles. The molecule has 1 aromatic carbocycles. The van der Waals surface area contributed by atoms with Gasteiger partial charge in [-0.25, -0.2) is 4.39 Å². The molecule has 0 spiro atoms. The number of aliphatic hydroxyl groups excluding tert-OH is 2. The summed E-state index contributed by atoms with van der Waals surface area (Å²) in [6.45, 7) is 1.46. The van der Waals surface area contributed by atoms with E-state index in [1.165, 1.54) is 12.1 Å². The minimum absolute atomic E-state index is 0.121. The summed E-state index contributed by atoms with van der Waals surface area (Å²) >= 11 is 0. The number of β-amino-alcohol motifs (C(OH)–C–C–N with tert-alkyl or cyclic N) is 1. The van der Waals surface area contributed by atoms with Gasteiger partial charge in [-0.05, 0) is 37.1 Å². The van der Waals surface area contributed by atoms with Crippen molar-refractivity contribution in [2.45, 2.75) is 25.0 Å². The van der Waals surface area contributed by atoms with Crippen molar-refractivity contribution in [3.8, 4) is 0 Å². The monoisotopic (exact) mass is 239 g/mol. The minimum atomic E-state index is -0.696. The van der Waals surface area contributed by atoms with Crippen LogP contribution in [0.25, 0.3) is 0 Å². The maximum Gasteiger partial charge on any atom is 0.123 e. The number of hydrogen-bond donors (Lipinski definition) is 2. The van der Waals surface area contributed by atoms with Crippen LogP contribution in [0.2, 0.25) is 0 Å². The van der Waals surface area contributed by atoms with E-state index in [1.807, 2.05) is 0 Å². The molecule has 0 amide bonds. The van der Waals surface area contributed by atoms with Crippen LogP contribution in [-0.2, 0) is 0 Å². The van der Waals surface area contributed by atoms with E-state index in [-0.39, 0.29) is 18.5 Å². The van der Waals surface area contributed by atoms with E-state index in [1.54, 1.807) is 12.1 Å². The quantitative estimate of drug-likeness (QED) is 0.832. The van der Waals surface area contributed by atoms with Gasteiger partial charge in [-0.3, -0.25) is 4.90 Å². The van der Waals surface area contributed by atoms with Gasteiger partial charge in [0.2, 0.25) is 0 Å². The van der Waals surface area contributed by atoms with Gasteiger partial charge < -0.3 is 10.2 Å². The summed E-state index contributed by atoms with van der Waals surface area (Å²) in [5.41, 5.74) is 0.591. The third-order valence-corrected chi connectivity index (χ3v) is 3.35. The molecule has 94 valence electrons. The van der Waals surface area contributed by atoms with Crippen molar-refractivity contribution in [3.05, 3.63) is 35.6 Å². The number of likely N-dealkylation sites (tertiary alicyclic amines) is 1. The van der Waals surface area contributed by atoms with Crippen LogP contribution < -0.4 is 0 Å². The molecular weight excluding hydrogens is 221 g/mol. The predicted octanol–water partition coefficient (Wildman–Crippen LogP) is 1.32. The highest BCUT2D eigenvalue weighted by Gasteiger charge is 2.25. The zero-order chi connectivity index (χ0) is 12.3. The van der Waals surface area contributed by atoms with E-state index in [0.717, 1.165) is 19.4 Å². The van der Waals surface area contributed by atoms with Crippen molar-refractivity contribution in [1.29, 1.82) is 0 Å². The SMILES string of the molecule is OCC1CCCN1CC(O)c1cccc(F)c1. The first-order valence-electron chi connectivity index (χ1n) is 5.99. The molecule has 2 rings (SSSR count). The summed E-state index contributed by atoms with van der Waals surface area (Å²) in [5, 5.41) is 19.2. The number of hydrogen-bond acceptors (Lipinski definition) is 3. The van der Waals surface area contributed by atoms with Gasteiger partial charge in [0.25, 0.3) is 0 Å². The Labute approximate surface area is 100 Å². The van der Waals surface area contributed by atoms with Gasteiger partial charge in [0.05, 0.1) is 12.7 Å². The Morgan fingerprint density at radius 1 is 1.47 bits per heavy atom. The molecule has 3 nitrogen and oxygen atoms in total. The first-order valence-corrected chi connectivity index (χ1v) is 5.99. The van der Waals surface area contributed by atoms with Gasteiger partial charge in [-0.1, -0.05) is 12.1 Å². The normalized spacial score (nSPS) is 22.9. The summed E-state index contributed by atoms with van der Waals surface area (Å²) in [5.74, 6) is -0.332. The van der Waals surface area contributed by atoms with Crippen LogP contribution in [0.1, 0.15) is 24.5 Å². The summed E-state index contributed by atoms with van der Waals surface area (Å²) < 4.78 is 13.0. The van der Waals surface area contributed by atoms with Crippen LogP contribution in [-0.4, -0.2) is 40.9 Å². The molecule has 4 heteroatoms. The van der Waals surface area contributed by atoms with Crippen LogP contribution in [0.15, 0.2) is 24.3 Å². The van der Waals surface area contributed by atoms with Gasteiger partial charge in [-0.15, -0.1) is 0 Å². The maximum atomic E-state index is 13.0. The zero-order valence-electron chi connectivity index (χ0n) is 9.72. The first kappa shape index (κ1) is 12.5. The molecule has 0 aliphatic carbocycles. The molecular formula is C13H18FNO2. The molecule has 2 atom stereocenters. The summed E-state index contributed by atoms with van der Waals surface area (Å²) in [7, 11) is 0. The van der Waals surface area contributed by atoms with E-state index in [9.17, 15) is 14.6 Å². The molecule has 1 aromatic rings. The van der Waals surface area contributed by atoms with Gasteiger partial charge >= 0.3 is 0 Å². The summed E-state index contributed by atoms with van der Waals surface area (Å²) in [6.07, 6.45) is 1.31. The second-order valence-corrected chi connectivity index (χ2v) is 4.54. The Morgan fingerprint density at radius 2 is 2.29 bits per heavy atom. The third kappa shape index (κ3) is 3.03. The van der Waals surface area contributed by atoms with Crippen molar-refractivity contribution in [2.24, 2.45) is 0 Å². The average molecular weight is 239 g/mol.